The van der Waals surface area contributed by atoms with Crippen LogP contribution in [0.2, 0.25) is 0 Å². The van der Waals surface area contributed by atoms with Crippen molar-refractivity contribution in [2.24, 2.45) is 0 Å². The molecule has 0 amide bonds. The van der Waals surface area contributed by atoms with Crippen molar-refractivity contribution in [1.82, 2.24) is 0 Å². The first-order valence-electron chi connectivity index (χ1n) is 6.84. The van der Waals surface area contributed by atoms with Gasteiger partial charge < -0.3 is 4.74 Å². The van der Waals surface area contributed by atoms with Crippen LogP contribution in [0.15, 0.2) is 41.3 Å². The van der Waals surface area contributed by atoms with Crippen LogP contribution in [0.3, 0.4) is 0 Å². The zero-order chi connectivity index (χ0) is 16.3. The summed E-state index contributed by atoms with van der Waals surface area (Å²) in [5, 5.41) is 0. The third kappa shape index (κ3) is 3.22. The molecule has 0 fully saturated rings. The summed E-state index contributed by atoms with van der Waals surface area (Å²) in [7, 11) is -2.54. The molecule has 0 bridgehead atoms. The SMILES string of the molecule is CCc1cccc(C)c1NS(=O)(=O)c1ccc(OC)c(F)c1. The lowest BCUT2D eigenvalue weighted by Crippen LogP contribution is -2.15. The molecule has 118 valence electrons. The predicted octanol–water partition coefficient (Wildman–Crippen LogP) is 3.51. The molecule has 2 rings (SSSR count). The summed E-state index contributed by atoms with van der Waals surface area (Å²) in [5.41, 5.74) is 2.25. The molecule has 0 heterocycles. The number of para-hydroxylation sites is 1. The molecule has 0 spiro atoms. The van der Waals surface area contributed by atoms with E-state index in [9.17, 15) is 12.8 Å². The molecule has 6 heteroatoms. The standard InChI is InChI=1S/C16H18FNO3S/c1-4-12-7-5-6-11(2)16(12)18-22(19,20)13-8-9-15(21-3)14(17)10-13/h5-10,18H,4H2,1-3H3. The van der Waals surface area contributed by atoms with Gasteiger partial charge in [0.25, 0.3) is 10.0 Å². The minimum absolute atomic E-state index is 0.00379. The fourth-order valence-electron chi connectivity index (χ4n) is 2.18. The Morgan fingerprint density at radius 2 is 1.95 bits per heavy atom. The van der Waals surface area contributed by atoms with Crippen molar-refractivity contribution in [2.75, 3.05) is 11.8 Å². The van der Waals surface area contributed by atoms with E-state index >= 15 is 0 Å². The Kier molecular flexibility index (Phi) is 4.71. The molecule has 2 aromatic rings. The van der Waals surface area contributed by atoms with Crippen LogP contribution in [0.5, 0.6) is 5.75 Å². The molecule has 0 radical (unpaired) electrons. The number of sulfonamides is 1. The smallest absolute Gasteiger partial charge is 0.262 e. The zero-order valence-electron chi connectivity index (χ0n) is 12.7. The van der Waals surface area contributed by atoms with Crippen LogP contribution in [0, 0.1) is 12.7 Å². The second-order valence-electron chi connectivity index (χ2n) is 4.86. The summed E-state index contributed by atoms with van der Waals surface area (Å²) >= 11 is 0. The van der Waals surface area contributed by atoms with E-state index < -0.39 is 15.8 Å². The Hall–Kier alpha value is -2.08. The van der Waals surface area contributed by atoms with Crippen LogP contribution in [0.25, 0.3) is 0 Å². The average molecular weight is 323 g/mol. The molecule has 0 aliphatic heterocycles. The van der Waals surface area contributed by atoms with Gasteiger partial charge in [0.1, 0.15) is 0 Å². The highest BCUT2D eigenvalue weighted by Crippen LogP contribution is 2.26. The van der Waals surface area contributed by atoms with Crippen molar-refractivity contribution in [3.05, 3.63) is 53.3 Å². The van der Waals surface area contributed by atoms with E-state index in [-0.39, 0.29) is 10.6 Å². The molecule has 1 N–H and O–H groups in total. The van der Waals surface area contributed by atoms with Crippen LogP contribution in [0.1, 0.15) is 18.1 Å². The van der Waals surface area contributed by atoms with E-state index in [1.165, 1.54) is 19.2 Å². The summed E-state index contributed by atoms with van der Waals surface area (Å²) < 4.78 is 46.0. The normalized spacial score (nSPS) is 11.3. The van der Waals surface area contributed by atoms with Crippen LogP contribution in [0.4, 0.5) is 10.1 Å². The van der Waals surface area contributed by atoms with Gasteiger partial charge in [-0.1, -0.05) is 25.1 Å². The number of methoxy groups -OCH3 is 1. The molecule has 0 saturated heterocycles. The van der Waals surface area contributed by atoms with Gasteiger partial charge in [0.2, 0.25) is 0 Å². The van der Waals surface area contributed by atoms with Gasteiger partial charge in [-0.05, 0) is 42.7 Å². The second kappa shape index (κ2) is 6.36. The Morgan fingerprint density at radius 3 is 2.55 bits per heavy atom. The highest BCUT2D eigenvalue weighted by molar-refractivity contribution is 7.92. The van der Waals surface area contributed by atoms with Crippen molar-refractivity contribution in [3.63, 3.8) is 0 Å². The minimum atomic E-state index is -3.86. The largest absolute Gasteiger partial charge is 0.494 e. The van der Waals surface area contributed by atoms with Crippen molar-refractivity contribution in [2.45, 2.75) is 25.2 Å². The first kappa shape index (κ1) is 16.3. The number of benzene rings is 2. The maximum absolute atomic E-state index is 13.7. The fraction of sp³-hybridized carbons (Fsp3) is 0.250. The molecule has 22 heavy (non-hydrogen) atoms. The van der Waals surface area contributed by atoms with Crippen molar-refractivity contribution in [1.29, 1.82) is 0 Å². The number of hydrogen-bond acceptors (Lipinski definition) is 3. The van der Waals surface area contributed by atoms with Crippen molar-refractivity contribution < 1.29 is 17.5 Å². The number of halogens is 1. The minimum Gasteiger partial charge on any atom is -0.494 e. The lowest BCUT2D eigenvalue weighted by molar-refractivity contribution is 0.385. The maximum atomic E-state index is 13.7. The molecule has 0 saturated carbocycles. The molecular weight excluding hydrogens is 305 g/mol. The van der Waals surface area contributed by atoms with Gasteiger partial charge >= 0.3 is 0 Å². The summed E-state index contributed by atoms with van der Waals surface area (Å²) in [6, 6.07) is 9.12. The third-order valence-corrected chi connectivity index (χ3v) is 4.76. The monoisotopic (exact) mass is 323 g/mol. The summed E-state index contributed by atoms with van der Waals surface area (Å²) in [6.07, 6.45) is 0.691. The van der Waals surface area contributed by atoms with Gasteiger partial charge in [-0.25, -0.2) is 12.8 Å². The lowest BCUT2D eigenvalue weighted by atomic mass is 10.1. The number of hydrogen-bond donors (Lipinski definition) is 1. The Labute approximate surface area is 130 Å². The third-order valence-electron chi connectivity index (χ3n) is 3.41. The van der Waals surface area contributed by atoms with Gasteiger partial charge in [-0.15, -0.1) is 0 Å². The van der Waals surface area contributed by atoms with Crippen molar-refractivity contribution in [3.8, 4) is 5.75 Å². The lowest BCUT2D eigenvalue weighted by Gasteiger charge is -2.14. The predicted molar refractivity (Wildman–Crippen MR) is 84.3 cm³/mol. The Bertz CT molecular complexity index is 788. The highest BCUT2D eigenvalue weighted by Gasteiger charge is 2.19. The van der Waals surface area contributed by atoms with E-state index in [1.807, 2.05) is 32.0 Å². The summed E-state index contributed by atoms with van der Waals surface area (Å²) in [4.78, 5) is -0.142. The molecule has 0 atom stereocenters. The average Bonchev–Trinajstić information content (AvgIpc) is 2.49. The van der Waals surface area contributed by atoms with Crippen LogP contribution < -0.4 is 9.46 Å². The zero-order valence-corrected chi connectivity index (χ0v) is 13.5. The molecule has 2 aromatic carbocycles. The van der Waals surface area contributed by atoms with Crippen LogP contribution in [-0.2, 0) is 16.4 Å². The van der Waals surface area contributed by atoms with Gasteiger partial charge in [0.05, 0.1) is 17.7 Å². The topological polar surface area (TPSA) is 55.4 Å². The number of rotatable bonds is 5. The molecule has 0 aromatic heterocycles. The maximum Gasteiger partial charge on any atom is 0.262 e. The fourth-order valence-corrected chi connectivity index (χ4v) is 3.36. The number of aryl methyl sites for hydroxylation is 2. The molecular formula is C16H18FNO3S. The van der Waals surface area contributed by atoms with E-state index in [0.29, 0.717) is 12.1 Å². The van der Waals surface area contributed by atoms with Crippen LogP contribution in [-0.4, -0.2) is 15.5 Å². The van der Waals surface area contributed by atoms with Gasteiger partial charge in [0.15, 0.2) is 11.6 Å². The number of anilines is 1. The number of ether oxygens (including phenoxy) is 1. The quantitative estimate of drug-likeness (QED) is 0.916. The van der Waals surface area contributed by atoms with E-state index in [2.05, 4.69) is 4.72 Å². The van der Waals surface area contributed by atoms with Crippen LogP contribution >= 0.6 is 0 Å². The second-order valence-corrected chi connectivity index (χ2v) is 6.55. The number of nitrogens with one attached hydrogen (secondary N) is 1. The Balaban J connectivity index is 2.42. The van der Waals surface area contributed by atoms with Crippen molar-refractivity contribution >= 4 is 15.7 Å². The molecule has 0 aliphatic rings. The highest BCUT2D eigenvalue weighted by atomic mass is 32.2. The van der Waals surface area contributed by atoms with Gasteiger partial charge in [-0.3, -0.25) is 4.72 Å². The van der Waals surface area contributed by atoms with E-state index in [0.717, 1.165) is 17.2 Å². The summed E-state index contributed by atoms with van der Waals surface area (Å²) in [5.74, 6) is -0.713. The summed E-state index contributed by atoms with van der Waals surface area (Å²) in [6.45, 7) is 3.77. The molecule has 4 nitrogen and oxygen atoms in total. The van der Waals surface area contributed by atoms with Gasteiger partial charge in [-0.2, -0.15) is 0 Å². The van der Waals surface area contributed by atoms with E-state index in [1.54, 1.807) is 0 Å². The molecule has 0 unspecified atom stereocenters. The first-order valence-corrected chi connectivity index (χ1v) is 8.32. The first-order chi connectivity index (χ1) is 10.4. The molecule has 0 aliphatic carbocycles. The van der Waals surface area contributed by atoms with E-state index in [4.69, 9.17) is 4.74 Å². The Morgan fingerprint density at radius 1 is 1.23 bits per heavy atom. The van der Waals surface area contributed by atoms with Gasteiger partial charge in [0, 0.05) is 0 Å².